The minimum Gasteiger partial charge on any atom is -0.445 e. The number of carbonyl (C=O) groups is 2. The second-order valence-electron chi connectivity index (χ2n) is 7.17. The van der Waals surface area contributed by atoms with E-state index >= 15 is 0 Å². The lowest BCUT2D eigenvalue weighted by Crippen LogP contribution is -2.44. The molecule has 0 spiro atoms. The van der Waals surface area contributed by atoms with E-state index in [0.717, 1.165) is 5.56 Å². The number of fused-ring (bicyclic) bond motifs is 1. The Balaban J connectivity index is 1.32. The maximum absolute atomic E-state index is 12.4. The van der Waals surface area contributed by atoms with Crippen LogP contribution >= 0.6 is 0 Å². The zero-order chi connectivity index (χ0) is 21.5. The van der Waals surface area contributed by atoms with Crippen LogP contribution in [0.2, 0.25) is 0 Å². The maximum Gasteiger partial charge on any atom is 0.412 e. The fourth-order valence-corrected chi connectivity index (χ4v) is 3.51. The Hall–Kier alpha value is -3.36. The van der Waals surface area contributed by atoms with Gasteiger partial charge in [0.2, 0.25) is 0 Å². The van der Waals surface area contributed by atoms with Crippen LogP contribution in [0.25, 0.3) is 0 Å². The van der Waals surface area contributed by atoms with Crippen molar-refractivity contribution in [1.82, 2.24) is 5.32 Å². The average molecular weight is 424 g/mol. The largest absolute Gasteiger partial charge is 0.445 e. The molecule has 4 atom stereocenters. The van der Waals surface area contributed by atoms with Gasteiger partial charge < -0.3 is 24.3 Å². The molecule has 0 unspecified atom stereocenters. The number of amides is 2. The molecule has 0 aliphatic carbocycles. The second kappa shape index (κ2) is 10.1. The van der Waals surface area contributed by atoms with Crippen LogP contribution in [-0.2, 0) is 25.6 Å². The van der Waals surface area contributed by atoms with Crippen molar-refractivity contribution >= 4 is 17.9 Å². The highest BCUT2D eigenvalue weighted by Gasteiger charge is 2.47. The van der Waals surface area contributed by atoms with E-state index in [0.29, 0.717) is 12.3 Å². The Morgan fingerprint density at radius 1 is 1.00 bits per heavy atom. The van der Waals surface area contributed by atoms with Crippen molar-refractivity contribution in [2.75, 3.05) is 18.5 Å². The van der Waals surface area contributed by atoms with Crippen LogP contribution in [0.1, 0.15) is 5.56 Å². The van der Waals surface area contributed by atoms with Crippen molar-refractivity contribution in [3.63, 3.8) is 0 Å². The second-order valence-corrected chi connectivity index (χ2v) is 7.17. The highest BCUT2D eigenvalue weighted by atomic mass is 16.6. The highest BCUT2D eigenvalue weighted by molar-refractivity contribution is 5.84. The van der Waals surface area contributed by atoms with Crippen LogP contribution in [0.3, 0.4) is 0 Å². The van der Waals surface area contributed by atoms with E-state index in [-0.39, 0.29) is 19.3 Å². The molecule has 0 aromatic heterocycles. The van der Waals surface area contributed by atoms with Crippen molar-refractivity contribution in [3.8, 4) is 0 Å². The number of rotatable bonds is 6. The Bertz CT molecular complexity index is 905. The van der Waals surface area contributed by atoms with Crippen LogP contribution < -0.4 is 10.6 Å². The van der Waals surface area contributed by atoms with Crippen molar-refractivity contribution in [3.05, 3.63) is 78.4 Å². The molecular weight excluding hydrogens is 400 g/mol. The van der Waals surface area contributed by atoms with E-state index in [9.17, 15) is 9.59 Å². The van der Waals surface area contributed by atoms with Gasteiger partial charge in [-0.3, -0.25) is 5.32 Å². The van der Waals surface area contributed by atoms with Crippen LogP contribution in [0.4, 0.5) is 15.3 Å². The lowest BCUT2D eigenvalue weighted by molar-refractivity contribution is -0.0250. The first-order valence-electron chi connectivity index (χ1n) is 10.1. The Labute approximate surface area is 180 Å². The van der Waals surface area contributed by atoms with E-state index in [1.807, 2.05) is 60.7 Å². The predicted molar refractivity (Wildman–Crippen MR) is 113 cm³/mol. The van der Waals surface area contributed by atoms with Gasteiger partial charge in [-0.05, 0) is 17.7 Å². The molecule has 2 amide bonds. The molecule has 2 aromatic carbocycles. The maximum atomic E-state index is 12.4. The fourth-order valence-electron chi connectivity index (χ4n) is 3.51. The quantitative estimate of drug-likeness (QED) is 0.692. The number of carbonyl (C=O) groups excluding carboxylic acids is 2. The van der Waals surface area contributed by atoms with Gasteiger partial charge in [0.1, 0.15) is 24.9 Å². The minimum absolute atomic E-state index is 0.112. The van der Waals surface area contributed by atoms with E-state index in [1.165, 1.54) is 0 Å². The predicted octanol–water partition coefficient (Wildman–Crippen LogP) is 3.25. The summed E-state index contributed by atoms with van der Waals surface area (Å²) in [6.07, 6.45) is 0.478. The molecular formula is C23H24N2O6. The Morgan fingerprint density at radius 3 is 2.52 bits per heavy atom. The molecule has 8 nitrogen and oxygen atoms in total. The number of hydrogen-bond donors (Lipinski definition) is 2. The summed E-state index contributed by atoms with van der Waals surface area (Å²) in [5.41, 5.74) is 1.50. The number of alkyl carbamates (subject to hydrolysis) is 1. The lowest BCUT2D eigenvalue weighted by atomic mass is 10.1. The van der Waals surface area contributed by atoms with Crippen molar-refractivity contribution < 1.29 is 28.5 Å². The first kappa shape index (κ1) is 20.9. The summed E-state index contributed by atoms with van der Waals surface area (Å²) in [6, 6.07) is 18.4. The molecule has 2 aliphatic heterocycles. The summed E-state index contributed by atoms with van der Waals surface area (Å²) < 4.78 is 22.6. The Kier molecular flexibility index (Phi) is 6.81. The third kappa shape index (κ3) is 5.62. The molecule has 2 N–H and O–H groups in total. The van der Waals surface area contributed by atoms with Gasteiger partial charge >= 0.3 is 12.2 Å². The molecule has 2 aliphatic rings. The first-order chi connectivity index (χ1) is 15.2. The summed E-state index contributed by atoms with van der Waals surface area (Å²) in [7, 11) is 0. The molecule has 1 fully saturated rings. The van der Waals surface area contributed by atoms with Gasteiger partial charge in [-0.2, -0.15) is 0 Å². The monoisotopic (exact) mass is 424 g/mol. The number of para-hydroxylation sites is 1. The third-order valence-electron chi connectivity index (χ3n) is 4.98. The number of benzene rings is 2. The zero-order valence-electron chi connectivity index (χ0n) is 16.8. The number of ether oxygens (including phenoxy) is 4. The van der Waals surface area contributed by atoms with Crippen molar-refractivity contribution in [2.45, 2.75) is 31.0 Å². The van der Waals surface area contributed by atoms with Gasteiger partial charge in [-0.1, -0.05) is 60.7 Å². The highest BCUT2D eigenvalue weighted by Crippen LogP contribution is 2.29. The SMILES string of the molecule is O=C(NC[C@H]1O[C@H]2C=CCO[C@H]2[C@@H]1OC(=O)Nc1ccccc1)OCc1ccccc1. The van der Waals surface area contributed by atoms with Gasteiger partial charge in [0.25, 0.3) is 0 Å². The van der Waals surface area contributed by atoms with Crippen LogP contribution in [0.5, 0.6) is 0 Å². The normalized spacial score (nSPS) is 24.1. The molecule has 1 saturated heterocycles. The molecule has 162 valence electrons. The number of nitrogens with one attached hydrogen (secondary N) is 2. The summed E-state index contributed by atoms with van der Waals surface area (Å²) in [4.78, 5) is 24.5. The van der Waals surface area contributed by atoms with E-state index in [1.54, 1.807) is 12.1 Å². The Morgan fingerprint density at radius 2 is 1.74 bits per heavy atom. The van der Waals surface area contributed by atoms with Crippen molar-refractivity contribution in [2.24, 2.45) is 0 Å². The molecule has 8 heteroatoms. The first-order valence-corrected chi connectivity index (χ1v) is 10.1. The average Bonchev–Trinajstić information content (AvgIpc) is 3.15. The summed E-state index contributed by atoms with van der Waals surface area (Å²) in [5.74, 6) is 0. The minimum atomic E-state index is -0.687. The molecule has 0 bridgehead atoms. The zero-order valence-corrected chi connectivity index (χ0v) is 16.8. The molecule has 31 heavy (non-hydrogen) atoms. The van der Waals surface area contributed by atoms with E-state index in [4.69, 9.17) is 18.9 Å². The topological polar surface area (TPSA) is 95.1 Å². The standard InChI is InChI=1S/C23H24N2O6/c26-22(29-15-16-8-3-1-4-9-16)24-14-19-21(20-18(30-19)12-7-13-28-20)31-23(27)25-17-10-5-2-6-11-17/h1-12,18-21H,13-15H2,(H,24,26)(H,25,27)/t18-,19+,20+,21+/m0/s1. The molecule has 2 aromatic rings. The van der Waals surface area contributed by atoms with Gasteiger partial charge in [0.05, 0.1) is 13.2 Å². The summed E-state index contributed by atoms with van der Waals surface area (Å²) >= 11 is 0. The molecule has 2 heterocycles. The van der Waals surface area contributed by atoms with Crippen LogP contribution in [0.15, 0.2) is 72.8 Å². The fraction of sp³-hybridized carbons (Fsp3) is 0.304. The number of anilines is 1. The summed E-state index contributed by atoms with van der Waals surface area (Å²) in [6.45, 7) is 0.680. The smallest absolute Gasteiger partial charge is 0.412 e. The van der Waals surface area contributed by atoms with E-state index < -0.39 is 30.5 Å². The number of hydrogen-bond acceptors (Lipinski definition) is 6. The third-order valence-corrected chi connectivity index (χ3v) is 4.98. The van der Waals surface area contributed by atoms with Gasteiger partial charge in [0, 0.05) is 5.69 Å². The summed E-state index contributed by atoms with van der Waals surface area (Å²) in [5, 5.41) is 5.37. The molecule has 0 saturated carbocycles. The van der Waals surface area contributed by atoms with Crippen LogP contribution in [-0.4, -0.2) is 49.8 Å². The molecule has 4 rings (SSSR count). The lowest BCUT2D eigenvalue weighted by Gasteiger charge is -2.25. The molecule has 0 radical (unpaired) electrons. The van der Waals surface area contributed by atoms with E-state index in [2.05, 4.69) is 10.6 Å². The van der Waals surface area contributed by atoms with Gasteiger partial charge in [0.15, 0.2) is 6.10 Å². The van der Waals surface area contributed by atoms with Gasteiger partial charge in [-0.25, -0.2) is 9.59 Å². The van der Waals surface area contributed by atoms with Crippen molar-refractivity contribution in [1.29, 1.82) is 0 Å². The van der Waals surface area contributed by atoms with Crippen LogP contribution in [0, 0.1) is 0 Å². The van der Waals surface area contributed by atoms with Gasteiger partial charge in [-0.15, -0.1) is 0 Å².